The first-order valence-corrected chi connectivity index (χ1v) is 8.13. The number of benzene rings is 1. The van der Waals surface area contributed by atoms with E-state index < -0.39 is 15.6 Å². The molecule has 5 nitrogen and oxygen atoms in total. The van der Waals surface area contributed by atoms with Gasteiger partial charge in [-0.25, -0.2) is 13.1 Å². The third kappa shape index (κ3) is 4.63. The van der Waals surface area contributed by atoms with Gasteiger partial charge in [0.1, 0.15) is 5.75 Å². The van der Waals surface area contributed by atoms with Gasteiger partial charge in [0, 0.05) is 6.54 Å². The number of methoxy groups -OCH3 is 1. The SMILES string of the molecule is CCCC(C)(O)CNS(=O)(=O)c1ccc(OC)c(Cl)c1. The van der Waals surface area contributed by atoms with Gasteiger partial charge in [-0.1, -0.05) is 24.9 Å². The highest BCUT2D eigenvalue weighted by atomic mass is 35.5. The average Bonchev–Trinajstić information content (AvgIpc) is 2.36. The summed E-state index contributed by atoms with van der Waals surface area (Å²) in [6.07, 6.45) is 1.28. The molecule has 1 unspecified atom stereocenters. The quantitative estimate of drug-likeness (QED) is 0.807. The molecular weight excluding hydrogens is 302 g/mol. The monoisotopic (exact) mass is 321 g/mol. The molecule has 2 N–H and O–H groups in total. The van der Waals surface area contributed by atoms with Crippen molar-refractivity contribution in [2.75, 3.05) is 13.7 Å². The van der Waals surface area contributed by atoms with Crippen LogP contribution in [0.4, 0.5) is 0 Å². The number of aliphatic hydroxyl groups is 1. The predicted molar refractivity (Wildman–Crippen MR) is 78.7 cm³/mol. The molecule has 0 saturated carbocycles. The van der Waals surface area contributed by atoms with Crippen LogP contribution in [0.25, 0.3) is 0 Å². The van der Waals surface area contributed by atoms with Crippen molar-refractivity contribution in [3.63, 3.8) is 0 Å². The van der Waals surface area contributed by atoms with Crippen LogP contribution in [-0.2, 0) is 10.0 Å². The molecule has 0 aliphatic carbocycles. The van der Waals surface area contributed by atoms with E-state index in [-0.39, 0.29) is 16.5 Å². The minimum atomic E-state index is -3.71. The fraction of sp³-hybridized carbons (Fsp3) is 0.538. The van der Waals surface area contributed by atoms with Crippen molar-refractivity contribution in [3.8, 4) is 5.75 Å². The van der Waals surface area contributed by atoms with Crippen LogP contribution in [0.15, 0.2) is 23.1 Å². The fourth-order valence-electron chi connectivity index (χ4n) is 1.78. The standard InChI is InChI=1S/C13H20ClNO4S/c1-4-7-13(2,16)9-15-20(17,18)10-5-6-12(19-3)11(14)8-10/h5-6,8,15-16H,4,7,9H2,1-3H3. The first-order valence-electron chi connectivity index (χ1n) is 6.27. The number of hydrogen-bond donors (Lipinski definition) is 2. The molecule has 1 aromatic rings. The van der Waals surface area contributed by atoms with Gasteiger partial charge in [-0.3, -0.25) is 0 Å². The Morgan fingerprint density at radius 1 is 1.45 bits per heavy atom. The Morgan fingerprint density at radius 2 is 2.10 bits per heavy atom. The Bertz CT molecular complexity index is 557. The molecule has 0 heterocycles. The van der Waals surface area contributed by atoms with E-state index in [1.54, 1.807) is 6.92 Å². The summed E-state index contributed by atoms with van der Waals surface area (Å²) in [5, 5.41) is 10.2. The minimum absolute atomic E-state index is 0.0376. The maximum absolute atomic E-state index is 12.1. The zero-order valence-electron chi connectivity index (χ0n) is 11.8. The van der Waals surface area contributed by atoms with E-state index in [9.17, 15) is 13.5 Å². The van der Waals surface area contributed by atoms with E-state index in [4.69, 9.17) is 16.3 Å². The van der Waals surface area contributed by atoms with Gasteiger partial charge in [0.2, 0.25) is 10.0 Å². The lowest BCUT2D eigenvalue weighted by molar-refractivity contribution is 0.0554. The van der Waals surface area contributed by atoms with E-state index >= 15 is 0 Å². The van der Waals surface area contributed by atoms with Crippen molar-refractivity contribution in [1.82, 2.24) is 4.72 Å². The van der Waals surface area contributed by atoms with E-state index in [1.165, 1.54) is 25.3 Å². The van der Waals surface area contributed by atoms with Crippen LogP contribution in [0, 0.1) is 0 Å². The number of nitrogens with one attached hydrogen (secondary N) is 1. The average molecular weight is 322 g/mol. The highest BCUT2D eigenvalue weighted by Gasteiger charge is 2.23. The summed E-state index contributed by atoms with van der Waals surface area (Å²) >= 11 is 5.91. The number of rotatable bonds is 7. The van der Waals surface area contributed by atoms with Crippen molar-refractivity contribution in [2.45, 2.75) is 37.2 Å². The molecule has 0 bridgehead atoms. The fourth-order valence-corrected chi connectivity index (χ4v) is 3.29. The van der Waals surface area contributed by atoms with Crippen LogP contribution in [0.3, 0.4) is 0 Å². The maximum atomic E-state index is 12.1. The van der Waals surface area contributed by atoms with Gasteiger partial charge in [-0.2, -0.15) is 0 Å². The molecule has 0 saturated heterocycles. The summed E-state index contributed by atoms with van der Waals surface area (Å²) in [5.74, 6) is 0.406. The summed E-state index contributed by atoms with van der Waals surface area (Å²) in [4.78, 5) is 0.0376. The lowest BCUT2D eigenvalue weighted by Gasteiger charge is -2.22. The molecule has 0 fully saturated rings. The van der Waals surface area contributed by atoms with E-state index in [0.717, 1.165) is 6.42 Å². The third-order valence-electron chi connectivity index (χ3n) is 2.87. The van der Waals surface area contributed by atoms with Crippen LogP contribution < -0.4 is 9.46 Å². The highest BCUT2D eigenvalue weighted by molar-refractivity contribution is 7.89. The van der Waals surface area contributed by atoms with Crippen molar-refractivity contribution in [3.05, 3.63) is 23.2 Å². The van der Waals surface area contributed by atoms with Crippen molar-refractivity contribution >= 4 is 21.6 Å². The number of sulfonamides is 1. The molecule has 20 heavy (non-hydrogen) atoms. The van der Waals surface area contributed by atoms with Gasteiger partial charge in [0.25, 0.3) is 0 Å². The van der Waals surface area contributed by atoms with Crippen molar-refractivity contribution in [2.24, 2.45) is 0 Å². The van der Waals surface area contributed by atoms with Gasteiger partial charge >= 0.3 is 0 Å². The Kier molecular flexibility index (Phi) is 5.82. The topological polar surface area (TPSA) is 75.6 Å². The van der Waals surface area contributed by atoms with E-state index in [1.807, 2.05) is 6.92 Å². The molecule has 0 aromatic heterocycles. The lowest BCUT2D eigenvalue weighted by Crippen LogP contribution is -2.40. The summed E-state index contributed by atoms with van der Waals surface area (Å²) in [6, 6.07) is 4.21. The third-order valence-corrected chi connectivity index (χ3v) is 4.56. The summed E-state index contributed by atoms with van der Waals surface area (Å²) in [6.45, 7) is 3.47. The number of hydrogen-bond acceptors (Lipinski definition) is 4. The molecule has 0 aliphatic rings. The molecule has 0 amide bonds. The Balaban J connectivity index is 2.87. The maximum Gasteiger partial charge on any atom is 0.240 e. The van der Waals surface area contributed by atoms with Gasteiger partial charge in [-0.05, 0) is 31.5 Å². The Morgan fingerprint density at radius 3 is 2.60 bits per heavy atom. The second kappa shape index (κ2) is 6.76. The molecule has 1 atom stereocenters. The van der Waals surface area contributed by atoms with Gasteiger partial charge in [-0.15, -0.1) is 0 Å². The number of ether oxygens (including phenoxy) is 1. The lowest BCUT2D eigenvalue weighted by atomic mass is 10.0. The predicted octanol–water partition coefficient (Wildman–Crippen LogP) is 2.18. The minimum Gasteiger partial charge on any atom is -0.495 e. The molecule has 0 radical (unpaired) electrons. The molecule has 0 aliphatic heterocycles. The normalized spacial score (nSPS) is 14.8. The van der Waals surface area contributed by atoms with Gasteiger partial charge in [0.15, 0.2) is 0 Å². The largest absolute Gasteiger partial charge is 0.495 e. The second-order valence-corrected chi connectivity index (χ2v) is 7.04. The summed E-state index contributed by atoms with van der Waals surface area (Å²) < 4.78 is 31.6. The Hall–Kier alpha value is -0.820. The first kappa shape index (κ1) is 17.2. The summed E-state index contributed by atoms with van der Waals surface area (Å²) in [5.41, 5.74) is -1.07. The van der Waals surface area contributed by atoms with Crippen molar-refractivity contribution < 1.29 is 18.3 Å². The molecule has 7 heteroatoms. The smallest absolute Gasteiger partial charge is 0.240 e. The van der Waals surface area contributed by atoms with Crippen LogP contribution in [0.1, 0.15) is 26.7 Å². The van der Waals surface area contributed by atoms with Crippen LogP contribution in [0.5, 0.6) is 5.75 Å². The molecular formula is C13H20ClNO4S. The van der Waals surface area contributed by atoms with E-state index in [0.29, 0.717) is 12.2 Å². The molecule has 1 aromatic carbocycles. The zero-order valence-corrected chi connectivity index (χ0v) is 13.4. The zero-order chi connectivity index (χ0) is 15.4. The van der Waals surface area contributed by atoms with Crippen molar-refractivity contribution in [1.29, 1.82) is 0 Å². The summed E-state index contributed by atoms with van der Waals surface area (Å²) in [7, 11) is -2.26. The first-order chi connectivity index (χ1) is 9.22. The second-order valence-electron chi connectivity index (χ2n) is 4.87. The molecule has 1 rings (SSSR count). The van der Waals surface area contributed by atoms with Gasteiger partial charge in [0.05, 0.1) is 22.6 Å². The highest BCUT2D eigenvalue weighted by Crippen LogP contribution is 2.27. The Labute approximate surface area is 125 Å². The van der Waals surface area contributed by atoms with Gasteiger partial charge < -0.3 is 9.84 Å². The van der Waals surface area contributed by atoms with E-state index in [2.05, 4.69) is 4.72 Å². The van der Waals surface area contributed by atoms with Crippen LogP contribution in [-0.4, -0.2) is 32.8 Å². The molecule has 114 valence electrons. The van der Waals surface area contributed by atoms with Crippen LogP contribution >= 0.6 is 11.6 Å². The number of halogens is 1. The molecule has 0 spiro atoms. The van der Waals surface area contributed by atoms with Crippen LogP contribution in [0.2, 0.25) is 5.02 Å².